The van der Waals surface area contributed by atoms with Crippen molar-refractivity contribution in [2.75, 3.05) is 0 Å². The monoisotopic (exact) mass is 238 g/mol. The first-order chi connectivity index (χ1) is 4.52. The Morgan fingerprint density at radius 3 is 2.27 bits per heavy atom. The van der Waals surface area contributed by atoms with Crippen LogP contribution >= 0.6 is 47.2 Å². The Balaban J connectivity index is 0. The van der Waals surface area contributed by atoms with Crippen LogP contribution in [0.4, 0.5) is 0 Å². The molecule has 0 aliphatic heterocycles. The number of hydrogen-bond donors (Lipinski definition) is 1. The Hall–Kier alpha value is 0.370. The first-order valence-corrected chi connectivity index (χ1v) is 3.60. The predicted octanol–water partition coefficient (Wildman–Crippen LogP) is 2.81. The standard InChI is InChI=1S/C5H5Cl3O2.ClH/c6-3(1-4(7)8)2-5(9)10;/h1,3H,2H2,(H,9,10);1H. The molecule has 0 saturated heterocycles. The third-order valence-corrected chi connectivity index (χ3v) is 1.21. The third kappa shape index (κ3) is 10.4. The molecule has 0 bridgehead atoms. The number of allylic oxidation sites excluding steroid dienone is 1. The lowest BCUT2D eigenvalue weighted by Crippen LogP contribution is -2.03. The van der Waals surface area contributed by atoms with Gasteiger partial charge in [0.25, 0.3) is 0 Å². The van der Waals surface area contributed by atoms with Crippen molar-refractivity contribution in [2.45, 2.75) is 11.8 Å². The second-order valence-corrected chi connectivity index (χ2v) is 3.14. The van der Waals surface area contributed by atoms with Gasteiger partial charge in [-0.25, -0.2) is 0 Å². The molecule has 0 aliphatic carbocycles. The van der Waals surface area contributed by atoms with E-state index in [1.807, 2.05) is 0 Å². The first kappa shape index (κ1) is 13.9. The van der Waals surface area contributed by atoms with Crippen LogP contribution < -0.4 is 0 Å². The number of hydrogen-bond acceptors (Lipinski definition) is 1. The minimum atomic E-state index is -0.981. The van der Waals surface area contributed by atoms with Gasteiger partial charge in [0.1, 0.15) is 4.49 Å². The van der Waals surface area contributed by atoms with Gasteiger partial charge in [0.05, 0.1) is 11.8 Å². The van der Waals surface area contributed by atoms with Gasteiger partial charge in [0.15, 0.2) is 0 Å². The van der Waals surface area contributed by atoms with Crippen LogP contribution in [-0.4, -0.2) is 16.5 Å². The average molecular weight is 240 g/mol. The summed E-state index contributed by atoms with van der Waals surface area (Å²) < 4.78 is -0.0127. The van der Waals surface area contributed by atoms with Gasteiger partial charge in [0, 0.05) is 0 Å². The smallest absolute Gasteiger partial charge is 0.305 e. The third-order valence-electron chi connectivity index (χ3n) is 0.676. The van der Waals surface area contributed by atoms with E-state index in [4.69, 9.17) is 39.9 Å². The summed E-state index contributed by atoms with van der Waals surface area (Å²) in [4.78, 5) is 9.99. The Morgan fingerprint density at radius 1 is 1.55 bits per heavy atom. The van der Waals surface area contributed by atoms with Crippen LogP contribution in [0.15, 0.2) is 10.6 Å². The molecule has 1 atom stereocenters. The zero-order valence-corrected chi connectivity index (χ0v) is 8.34. The summed E-state index contributed by atoms with van der Waals surface area (Å²) >= 11 is 15.9. The minimum Gasteiger partial charge on any atom is -0.481 e. The molecule has 0 aromatic rings. The highest BCUT2D eigenvalue weighted by molar-refractivity contribution is 6.56. The van der Waals surface area contributed by atoms with Crippen molar-refractivity contribution < 1.29 is 9.90 Å². The van der Waals surface area contributed by atoms with E-state index < -0.39 is 11.3 Å². The topological polar surface area (TPSA) is 37.3 Å². The quantitative estimate of drug-likeness (QED) is 0.770. The molecule has 0 aromatic carbocycles. The SMILES string of the molecule is Cl.O=C(O)CC(Cl)C=C(Cl)Cl. The van der Waals surface area contributed by atoms with E-state index in [9.17, 15) is 4.79 Å². The predicted molar refractivity (Wildman–Crippen MR) is 48.9 cm³/mol. The number of rotatable bonds is 3. The van der Waals surface area contributed by atoms with Crippen LogP contribution in [0.5, 0.6) is 0 Å². The summed E-state index contributed by atoms with van der Waals surface area (Å²) in [5, 5.41) is 7.56. The van der Waals surface area contributed by atoms with Crippen molar-refractivity contribution in [1.82, 2.24) is 0 Å². The number of alkyl halides is 1. The zero-order chi connectivity index (χ0) is 8.15. The maximum Gasteiger partial charge on any atom is 0.305 e. The van der Waals surface area contributed by atoms with Gasteiger partial charge in [-0.05, 0) is 6.08 Å². The summed E-state index contributed by atoms with van der Waals surface area (Å²) in [5.41, 5.74) is 0. The molecule has 1 unspecified atom stereocenters. The Labute approximate surface area is 85.5 Å². The lowest BCUT2D eigenvalue weighted by Gasteiger charge is -1.96. The lowest BCUT2D eigenvalue weighted by atomic mass is 10.3. The average Bonchev–Trinajstić information content (AvgIpc) is 1.58. The summed E-state index contributed by atoms with van der Waals surface area (Å²) in [5.74, 6) is -0.981. The second kappa shape index (κ2) is 7.04. The fourth-order valence-corrected chi connectivity index (χ4v) is 1.05. The van der Waals surface area contributed by atoms with Crippen molar-refractivity contribution in [2.24, 2.45) is 0 Å². The largest absolute Gasteiger partial charge is 0.481 e. The van der Waals surface area contributed by atoms with E-state index in [-0.39, 0.29) is 23.3 Å². The Bertz CT molecular complexity index is 153. The molecule has 0 spiro atoms. The number of aliphatic carboxylic acids is 1. The van der Waals surface area contributed by atoms with Crippen molar-refractivity contribution >= 4 is 53.2 Å². The zero-order valence-electron chi connectivity index (χ0n) is 5.26. The van der Waals surface area contributed by atoms with Crippen LogP contribution in [0.25, 0.3) is 0 Å². The molecule has 11 heavy (non-hydrogen) atoms. The van der Waals surface area contributed by atoms with E-state index in [2.05, 4.69) is 0 Å². The van der Waals surface area contributed by atoms with Gasteiger partial charge in [-0.1, -0.05) is 23.2 Å². The summed E-state index contributed by atoms with van der Waals surface area (Å²) in [6.07, 6.45) is 1.09. The van der Waals surface area contributed by atoms with Gasteiger partial charge in [-0.3, -0.25) is 4.79 Å². The van der Waals surface area contributed by atoms with Crippen molar-refractivity contribution in [1.29, 1.82) is 0 Å². The Kier molecular flexibility index (Phi) is 8.92. The fraction of sp³-hybridized carbons (Fsp3) is 0.400. The maximum atomic E-state index is 9.99. The molecule has 0 radical (unpaired) electrons. The number of carbonyl (C=O) groups is 1. The van der Waals surface area contributed by atoms with Gasteiger partial charge in [-0.15, -0.1) is 24.0 Å². The van der Waals surface area contributed by atoms with Crippen LogP contribution in [0.2, 0.25) is 0 Å². The van der Waals surface area contributed by atoms with Crippen LogP contribution in [0, 0.1) is 0 Å². The highest BCUT2D eigenvalue weighted by Crippen LogP contribution is 2.13. The van der Waals surface area contributed by atoms with Gasteiger partial charge < -0.3 is 5.11 Å². The molecule has 0 amide bonds. The van der Waals surface area contributed by atoms with Crippen molar-refractivity contribution in [3.8, 4) is 0 Å². The molecule has 0 heterocycles. The van der Waals surface area contributed by atoms with Crippen LogP contribution in [-0.2, 0) is 4.79 Å². The number of carboxylic acid groups (broad SMARTS) is 1. The second-order valence-electron chi connectivity index (χ2n) is 1.57. The van der Waals surface area contributed by atoms with Gasteiger partial charge in [0.2, 0.25) is 0 Å². The fourth-order valence-electron chi connectivity index (χ4n) is 0.362. The van der Waals surface area contributed by atoms with Crippen molar-refractivity contribution in [3.05, 3.63) is 10.6 Å². The molecule has 0 rings (SSSR count). The molecule has 0 fully saturated rings. The number of carboxylic acids is 1. The van der Waals surface area contributed by atoms with Gasteiger partial charge in [-0.2, -0.15) is 0 Å². The summed E-state index contributed by atoms with van der Waals surface area (Å²) in [6, 6.07) is 0. The Morgan fingerprint density at radius 2 is 2.00 bits per heavy atom. The molecule has 0 aliphatic rings. The van der Waals surface area contributed by atoms with E-state index in [0.717, 1.165) is 0 Å². The lowest BCUT2D eigenvalue weighted by molar-refractivity contribution is -0.136. The summed E-state index contributed by atoms with van der Waals surface area (Å²) in [6.45, 7) is 0. The van der Waals surface area contributed by atoms with Crippen LogP contribution in [0.3, 0.4) is 0 Å². The normalized spacial score (nSPS) is 11.2. The van der Waals surface area contributed by atoms with Crippen LogP contribution in [0.1, 0.15) is 6.42 Å². The molecule has 66 valence electrons. The molecular formula is C5H6Cl4O2. The van der Waals surface area contributed by atoms with Gasteiger partial charge >= 0.3 is 5.97 Å². The molecule has 0 saturated carbocycles. The highest BCUT2D eigenvalue weighted by Gasteiger charge is 2.06. The van der Waals surface area contributed by atoms with E-state index in [1.165, 1.54) is 6.08 Å². The molecule has 1 N–H and O–H groups in total. The summed E-state index contributed by atoms with van der Waals surface area (Å²) in [7, 11) is 0. The minimum absolute atomic E-state index is 0. The molecule has 0 aromatic heterocycles. The van der Waals surface area contributed by atoms with E-state index in [1.54, 1.807) is 0 Å². The molecule has 2 nitrogen and oxygen atoms in total. The highest BCUT2D eigenvalue weighted by atomic mass is 35.5. The van der Waals surface area contributed by atoms with E-state index in [0.29, 0.717) is 0 Å². The number of halogens is 4. The van der Waals surface area contributed by atoms with E-state index >= 15 is 0 Å². The maximum absolute atomic E-state index is 9.99. The molecule has 6 heteroatoms. The first-order valence-electron chi connectivity index (χ1n) is 2.41. The van der Waals surface area contributed by atoms with Crippen molar-refractivity contribution in [3.63, 3.8) is 0 Å². The molecular weight excluding hydrogens is 234 g/mol.